The monoisotopic (exact) mass is 620 g/mol. The summed E-state index contributed by atoms with van der Waals surface area (Å²) >= 11 is 0. The zero-order chi connectivity index (χ0) is 33.2. The lowest BCUT2D eigenvalue weighted by Gasteiger charge is -2.21. The predicted molar refractivity (Wildman–Crippen MR) is 195 cm³/mol. The Morgan fingerprint density at radius 1 is 0.872 bits per heavy atom. The minimum Gasteiger partial charge on any atom is -0.371 e. The zero-order valence-corrected chi connectivity index (χ0v) is 29.1. The Bertz CT molecular complexity index is 2090. The Balaban J connectivity index is 1.57. The fourth-order valence-corrected chi connectivity index (χ4v) is 7.68. The standard InChI is InChI=1S/C43H44N2O2/c1-10-28-24(3)37-21-26-20-34(31-15-13-12-14-30(26)31)41(46-8)35-22-36(33-19-17-27(43(5,6)7)16-18-32(33)35)42(47-9)40-25(4)29(11-2)39(45-40)23-38(28)44-37/h12-18,20-21,23,41-42,44H,10-11H2,1-9H3/b26-21+,39-23-. The molecule has 8 bridgehead atoms. The molecule has 0 saturated heterocycles. The molecule has 3 aliphatic carbocycles. The fourth-order valence-electron chi connectivity index (χ4n) is 7.68. The third-order valence-electron chi connectivity index (χ3n) is 10.3. The van der Waals surface area contributed by atoms with Gasteiger partial charge in [-0.05, 0) is 107 Å². The van der Waals surface area contributed by atoms with Crippen molar-refractivity contribution < 1.29 is 9.47 Å². The van der Waals surface area contributed by atoms with E-state index in [4.69, 9.17) is 14.5 Å². The highest BCUT2D eigenvalue weighted by Gasteiger charge is 2.38. The number of ether oxygens (including phenoxy) is 2. The zero-order valence-electron chi connectivity index (χ0n) is 29.1. The molecule has 47 heavy (non-hydrogen) atoms. The molecule has 2 aromatic rings. The fraction of sp³-hybridized carbons (Fsp3) is 0.326. The molecule has 5 aliphatic rings. The second-order valence-corrected chi connectivity index (χ2v) is 13.9. The number of fused-ring (bicyclic) bond motifs is 10. The van der Waals surface area contributed by atoms with E-state index in [-0.39, 0.29) is 11.5 Å². The molecule has 0 spiro atoms. The molecular weight excluding hydrogens is 576 g/mol. The number of hydrogen-bond donors (Lipinski definition) is 1. The molecule has 0 saturated carbocycles. The summed E-state index contributed by atoms with van der Waals surface area (Å²) in [5.74, 6) is 0. The van der Waals surface area contributed by atoms with Gasteiger partial charge in [0.25, 0.3) is 0 Å². The van der Waals surface area contributed by atoms with Gasteiger partial charge in [-0.25, -0.2) is 4.99 Å². The molecule has 0 fully saturated rings. The first-order valence-corrected chi connectivity index (χ1v) is 16.8. The average molecular weight is 621 g/mol. The number of aromatic nitrogens is 1. The van der Waals surface area contributed by atoms with Crippen molar-refractivity contribution >= 4 is 29.0 Å². The maximum Gasteiger partial charge on any atom is 0.133 e. The number of rotatable bonds is 4. The van der Waals surface area contributed by atoms with Crippen molar-refractivity contribution in [1.82, 2.24) is 4.98 Å². The van der Waals surface area contributed by atoms with Gasteiger partial charge in [-0.1, -0.05) is 71.0 Å². The molecule has 238 valence electrons. The predicted octanol–water partition coefficient (Wildman–Crippen LogP) is 9.85. The largest absolute Gasteiger partial charge is 0.371 e. The van der Waals surface area contributed by atoms with Gasteiger partial charge in [0.15, 0.2) is 0 Å². The van der Waals surface area contributed by atoms with E-state index >= 15 is 0 Å². The number of H-pyrrole nitrogens is 1. The molecule has 2 unspecified atom stereocenters. The van der Waals surface area contributed by atoms with Crippen LogP contribution in [0.15, 0.2) is 110 Å². The van der Waals surface area contributed by atoms with E-state index in [9.17, 15) is 0 Å². The van der Waals surface area contributed by atoms with Crippen molar-refractivity contribution in [3.05, 3.63) is 138 Å². The molecule has 1 N–H and O–H groups in total. The number of methoxy groups -OCH3 is 2. The summed E-state index contributed by atoms with van der Waals surface area (Å²) in [5.41, 5.74) is 26.5. The second kappa shape index (κ2) is 11.7. The summed E-state index contributed by atoms with van der Waals surface area (Å²) in [4.78, 5) is 9.12. The topological polar surface area (TPSA) is 46.6 Å². The summed E-state index contributed by atoms with van der Waals surface area (Å²) in [5, 5.41) is 0. The Labute approximate surface area is 279 Å². The number of hydrogen-bond acceptors (Lipinski definition) is 3. The molecule has 4 nitrogen and oxygen atoms in total. The third-order valence-corrected chi connectivity index (χ3v) is 10.3. The van der Waals surface area contributed by atoms with Gasteiger partial charge in [-0.15, -0.1) is 11.5 Å². The number of benzene rings is 1. The maximum absolute atomic E-state index is 6.45. The first kappa shape index (κ1) is 31.2. The van der Waals surface area contributed by atoms with Crippen molar-refractivity contribution in [2.45, 2.75) is 73.5 Å². The van der Waals surface area contributed by atoms with Crippen LogP contribution in [0, 0.1) is 12.3 Å². The first-order chi connectivity index (χ1) is 22.6. The summed E-state index contributed by atoms with van der Waals surface area (Å²) in [6.45, 7) is 15.6. The molecule has 7 rings (SSSR count). The maximum atomic E-state index is 6.45. The van der Waals surface area contributed by atoms with Gasteiger partial charge in [0.1, 0.15) is 12.2 Å². The molecule has 2 aliphatic heterocycles. The van der Waals surface area contributed by atoms with Gasteiger partial charge in [0.05, 0.1) is 11.4 Å². The molecule has 3 heterocycles. The number of aromatic amines is 1. The van der Waals surface area contributed by atoms with Crippen molar-refractivity contribution in [2.24, 2.45) is 10.4 Å². The van der Waals surface area contributed by atoms with Crippen LogP contribution in [-0.4, -0.2) is 37.1 Å². The summed E-state index contributed by atoms with van der Waals surface area (Å²) in [7, 11) is 3.58. The number of allylic oxidation sites excluding steroid dienone is 6. The highest BCUT2D eigenvalue weighted by Crippen LogP contribution is 2.47. The molecule has 0 amide bonds. The van der Waals surface area contributed by atoms with Crippen LogP contribution >= 0.6 is 0 Å². The van der Waals surface area contributed by atoms with E-state index in [2.05, 4.69) is 126 Å². The van der Waals surface area contributed by atoms with Crippen molar-refractivity contribution in [3.63, 3.8) is 0 Å². The quantitative estimate of drug-likeness (QED) is 0.346. The van der Waals surface area contributed by atoms with Gasteiger partial charge in [0.2, 0.25) is 0 Å². The van der Waals surface area contributed by atoms with E-state index in [0.717, 1.165) is 69.1 Å². The lowest BCUT2D eigenvalue weighted by atomic mass is 9.86. The van der Waals surface area contributed by atoms with E-state index in [1.807, 2.05) is 0 Å². The summed E-state index contributed by atoms with van der Waals surface area (Å²) < 4.78 is 12.8. The van der Waals surface area contributed by atoms with Crippen LogP contribution in [0.4, 0.5) is 0 Å². The van der Waals surface area contributed by atoms with Crippen LogP contribution in [0.25, 0.3) is 23.3 Å². The van der Waals surface area contributed by atoms with Crippen molar-refractivity contribution in [1.29, 1.82) is 0 Å². The minimum absolute atomic E-state index is 0.0322. The molecule has 1 aromatic heterocycles. The SMILES string of the molecule is CCC1=C(C)C2=N/C1=C\c1[nH]c(c(C)c1CC)/C=C1\C=C(c3ccccc31)C(OC)C1=C=C(C3=C=CC(C(C)(C)C)=CC=C31)C2OC. The number of nitrogens with zero attached hydrogens (tertiary/aromatic N) is 1. The van der Waals surface area contributed by atoms with Crippen LogP contribution in [0.1, 0.15) is 81.6 Å². The molecule has 4 heteroatoms. The Morgan fingerprint density at radius 3 is 2.30 bits per heavy atom. The third kappa shape index (κ3) is 4.96. The second-order valence-electron chi connectivity index (χ2n) is 13.9. The highest BCUT2D eigenvalue weighted by atomic mass is 16.5. The Kier molecular flexibility index (Phi) is 7.74. The average Bonchev–Trinajstić information content (AvgIpc) is 3.70. The smallest absolute Gasteiger partial charge is 0.133 e. The van der Waals surface area contributed by atoms with Crippen molar-refractivity contribution in [3.8, 4) is 0 Å². The van der Waals surface area contributed by atoms with Crippen LogP contribution in [0.2, 0.25) is 0 Å². The highest BCUT2D eigenvalue weighted by molar-refractivity contribution is 6.10. The summed E-state index contributed by atoms with van der Waals surface area (Å²) in [6, 6.07) is 8.65. The Morgan fingerprint density at radius 2 is 1.62 bits per heavy atom. The van der Waals surface area contributed by atoms with Gasteiger partial charge in [-0.2, -0.15) is 0 Å². The lowest BCUT2D eigenvalue weighted by molar-refractivity contribution is 0.178. The first-order valence-electron chi connectivity index (χ1n) is 16.8. The Hall–Kier alpha value is -4.43. The van der Waals surface area contributed by atoms with E-state index in [1.54, 1.807) is 14.2 Å². The number of aliphatic imine (C=N–C) groups is 1. The van der Waals surface area contributed by atoms with Crippen LogP contribution in [0.5, 0.6) is 0 Å². The van der Waals surface area contributed by atoms with Crippen LogP contribution < -0.4 is 0 Å². The normalized spacial score (nSPS) is 23.7. The van der Waals surface area contributed by atoms with Crippen molar-refractivity contribution in [2.75, 3.05) is 14.2 Å². The molecular formula is C43H44N2O2. The van der Waals surface area contributed by atoms with Gasteiger partial charge < -0.3 is 14.5 Å². The van der Waals surface area contributed by atoms with E-state index in [0.29, 0.717) is 0 Å². The minimum atomic E-state index is -0.423. The lowest BCUT2D eigenvalue weighted by Crippen LogP contribution is -2.25. The van der Waals surface area contributed by atoms with Crippen LogP contribution in [-0.2, 0) is 15.9 Å². The van der Waals surface area contributed by atoms with E-state index < -0.39 is 6.10 Å². The summed E-state index contributed by atoms with van der Waals surface area (Å²) in [6.07, 6.45) is 14.5. The molecule has 0 radical (unpaired) electrons. The number of nitrogens with one attached hydrogen (secondary N) is 1. The molecule has 2 atom stereocenters. The van der Waals surface area contributed by atoms with Gasteiger partial charge in [-0.3, -0.25) is 0 Å². The molecule has 1 aromatic carbocycles. The van der Waals surface area contributed by atoms with Gasteiger partial charge >= 0.3 is 0 Å². The van der Waals surface area contributed by atoms with Gasteiger partial charge in [0, 0.05) is 47.9 Å². The van der Waals surface area contributed by atoms with E-state index in [1.165, 1.54) is 39.0 Å². The van der Waals surface area contributed by atoms with Crippen LogP contribution in [0.3, 0.4) is 0 Å².